The second-order valence-electron chi connectivity index (χ2n) is 8.77. The minimum atomic E-state index is 0.0660. The molecule has 1 amide bonds. The van der Waals surface area contributed by atoms with Gasteiger partial charge in [0.25, 0.3) is 5.91 Å². The van der Waals surface area contributed by atoms with Gasteiger partial charge in [0.05, 0.1) is 25.4 Å². The summed E-state index contributed by atoms with van der Waals surface area (Å²) < 4.78 is 11.5. The molecule has 1 aromatic rings. The van der Waals surface area contributed by atoms with Crippen molar-refractivity contribution in [3.63, 3.8) is 0 Å². The molecule has 2 atom stereocenters. The summed E-state index contributed by atoms with van der Waals surface area (Å²) in [5, 5.41) is 3.34. The van der Waals surface area contributed by atoms with Crippen LogP contribution in [0.5, 0.6) is 0 Å². The van der Waals surface area contributed by atoms with Gasteiger partial charge in [-0.2, -0.15) is 0 Å². The number of nitrogens with zero attached hydrogens (tertiary/aromatic N) is 3. The average Bonchev–Trinajstić information content (AvgIpc) is 3.57. The van der Waals surface area contributed by atoms with Crippen LogP contribution >= 0.6 is 0 Å². The van der Waals surface area contributed by atoms with Gasteiger partial charge >= 0.3 is 0 Å². The summed E-state index contributed by atoms with van der Waals surface area (Å²) in [6.07, 6.45) is 2.77. The summed E-state index contributed by atoms with van der Waals surface area (Å²) in [4.78, 5) is 21.6. The molecule has 2 aliphatic rings. The maximum Gasteiger partial charge on any atom is 0.254 e. The Hall–Kier alpha value is -2.12. The first-order valence-electron chi connectivity index (χ1n) is 11.6. The van der Waals surface area contributed by atoms with E-state index in [-0.39, 0.29) is 18.1 Å². The summed E-state index contributed by atoms with van der Waals surface area (Å²) in [5.41, 5.74) is 1.79. The maximum atomic E-state index is 12.8. The van der Waals surface area contributed by atoms with E-state index in [1.807, 2.05) is 50.1 Å². The summed E-state index contributed by atoms with van der Waals surface area (Å²) in [5.74, 6) is 1.72. The molecule has 7 heteroatoms. The lowest BCUT2D eigenvalue weighted by atomic mass is 10.1. The fraction of sp³-hybridized carbons (Fsp3) is 0.667. The SMILES string of the molecule is CCNC(=NCc1ccc(C(=O)N2CC(C)OC(C)C2)cc1)N(C)CCOCC1CC1. The molecule has 1 aliphatic carbocycles. The zero-order chi connectivity index (χ0) is 22.2. The molecule has 1 N–H and O–H groups in total. The number of nitrogens with one attached hydrogen (secondary N) is 1. The highest BCUT2D eigenvalue weighted by atomic mass is 16.5. The van der Waals surface area contributed by atoms with Crippen LogP contribution in [-0.2, 0) is 16.0 Å². The van der Waals surface area contributed by atoms with Crippen molar-refractivity contribution < 1.29 is 14.3 Å². The minimum absolute atomic E-state index is 0.0660. The molecule has 31 heavy (non-hydrogen) atoms. The van der Waals surface area contributed by atoms with Crippen molar-refractivity contribution in [2.75, 3.05) is 46.4 Å². The van der Waals surface area contributed by atoms with E-state index in [0.717, 1.165) is 37.1 Å². The van der Waals surface area contributed by atoms with Gasteiger partial charge < -0.3 is 24.6 Å². The number of carbonyl (C=O) groups is 1. The van der Waals surface area contributed by atoms with Gasteiger partial charge in [-0.1, -0.05) is 12.1 Å². The van der Waals surface area contributed by atoms with Crippen LogP contribution in [0.1, 0.15) is 49.5 Å². The topological polar surface area (TPSA) is 66.4 Å². The van der Waals surface area contributed by atoms with Gasteiger partial charge in [0, 0.05) is 45.4 Å². The van der Waals surface area contributed by atoms with Crippen LogP contribution in [0.3, 0.4) is 0 Å². The monoisotopic (exact) mass is 430 g/mol. The lowest BCUT2D eigenvalue weighted by Crippen LogP contribution is -2.48. The predicted molar refractivity (Wildman–Crippen MR) is 123 cm³/mol. The van der Waals surface area contributed by atoms with Crippen LogP contribution in [0.15, 0.2) is 29.3 Å². The third-order valence-electron chi connectivity index (χ3n) is 5.64. The Morgan fingerprint density at radius 1 is 1.23 bits per heavy atom. The van der Waals surface area contributed by atoms with Gasteiger partial charge in [-0.25, -0.2) is 4.99 Å². The lowest BCUT2D eigenvalue weighted by Gasteiger charge is -2.35. The van der Waals surface area contributed by atoms with E-state index in [1.165, 1.54) is 12.8 Å². The van der Waals surface area contributed by atoms with E-state index in [4.69, 9.17) is 14.5 Å². The molecule has 2 unspecified atom stereocenters. The Kier molecular flexibility index (Phi) is 8.72. The van der Waals surface area contributed by atoms with Crippen molar-refractivity contribution in [1.82, 2.24) is 15.1 Å². The van der Waals surface area contributed by atoms with Crippen LogP contribution in [0.25, 0.3) is 0 Å². The molecule has 0 bridgehead atoms. The molecule has 1 heterocycles. The van der Waals surface area contributed by atoms with Crippen LogP contribution in [-0.4, -0.2) is 80.3 Å². The molecule has 2 fully saturated rings. The molecule has 0 radical (unpaired) electrons. The Morgan fingerprint density at radius 3 is 2.52 bits per heavy atom. The van der Waals surface area contributed by atoms with Crippen LogP contribution in [0.4, 0.5) is 0 Å². The number of rotatable bonds is 9. The third kappa shape index (κ3) is 7.51. The van der Waals surface area contributed by atoms with Gasteiger partial charge in [-0.3, -0.25) is 4.79 Å². The molecule has 0 aromatic heterocycles. The molecule has 0 spiro atoms. The van der Waals surface area contributed by atoms with E-state index in [2.05, 4.69) is 17.1 Å². The third-order valence-corrected chi connectivity index (χ3v) is 5.64. The molecule has 1 saturated carbocycles. The molecule has 172 valence electrons. The molecule has 3 rings (SSSR count). The van der Waals surface area contributed by atoms with E-state index < -0.39 is 0 Å². The number of morpholine rings is 1. The number of hydrogen-bond acceptors (Lipinski definition) is 4. The first-order valence-corrected chi connectivity index (χ1v) is 11.6. The number of hydrogen-bond donors (Lipinski definition) is 1. The zero-order valence-electron chi connectivity index (χ0n) is 19.5. The van der Waals surface area contributed by atoms with Crippen molar-refractivity contribution >= 4 is 11.9 Å². The highest BCUT2D eigenvalue weighted by Gasteiger charge is 2.26. The quantitative estimate of drug-likeness (QED) is 0.371. The van der Waals surface area contributed by atoms with E-state index in [9.17, 15) is 4.79 Å². The summed E-state index contributed by atoms with van der Waals surface area (Å²) in [6.45, 7) is 11.1. The number of guanidine groups is 1. The van der Waals surface area contributed by atoms with Gasteiger partial charge in [-0.05, 0) is 57.2 Å². The second-order valence-corrected chi connectivity index (χ2v) is 8.77. The number of aliphatic imine (C=N–C) groups is 1. The summed E-state index contributed by atoms with van der Waals surface area (Å²) in [6, 6.07) is 7.79. The fourth-order valence-corrected chi connectivity index (χ4v) is 3.76. The van der Waals surface area contributed by atoms with E-state index in [0.29, 0.717) is 31.8 Å². The van der Waals surface area contributed by atoms with Crippen molar-refractivity contribution in [1.29, 1.82) is 0 Å². The Balaban J connectivity index is 1.52. The lowest BCUT2D eigenvalue weighted by molar-refractivity contribution is -0.0586. The second kappa shape index (κ2) is 11.5. The number of benzene rings is 1. The van der Waals surface area contributed by atoms with Crippen molar-refractivity contribution in [2.24, 2.45) is 10.9 Å². The number of ether oxygens (including phenoxy) is 2. The van der Waals surface area contributed by atoms with Gasteiger partial charge in [0.2, 0.25) is 0 Å². The first kappa shape index (κ1) is 23.5. The van der Waals surface area contributed by atoms with Gasteiger partial charge in [-0.15, -0.1) is 0 Å². The minimum Gasteiger partial charge on any atom is -0.379 e. The van der Waals surface area contributed by atoms with Gasteiger partial charge in [0.15, 0.2) is 5.96 Å². The first-order chi connectivity index (χ1) is 15.0. The van der Waals surface area contributed by atoms with Crippen molar-refractivity contribution in [2.45, 2.75) is 52.4 Å². The molecule has 1 aliphatic heterocycles. The van der Waals surface area contributed by atoms with Crippen LogP contribution in [0, 0.1) is 5.92 Å². The predicted octanol–water partition coefficient (Wildman–Crippen LogP) is 2.76. The zero-order valence-corrected chi connectivity index (χ0v) is 19.5. The van der Waals surface area contributed by atoms with Gasteiger partial charge in [0.1, 0.15) is 0 Å². The number of amides is 1. The highest BCUT2D eigenvalue weighted by molar-refractivity contribution is 5.94. The normalized spacial score (nSPS) is 21.8. The molecular formula is C24H38N4O3. The number of likely N-dealkylation sites (N-methyl/N-ethyl adjacent to an activating group) is 1. The summed E-state index contributed by atoms with van der Waals surface area (Å²) >= 11 is 0. The maximum absolute atomic E-state index is 12.8. The largest absolute Gasteiger partial charge is 0.379 e. The summed E-state index contributed by atoms with van der Waals surface area (Å²) in [7, 11) is 2.04. The highest BCUT2D eigenvalue weighted by Crippen LogP contribution is 2.28. The Bertz CT molecular complexity index is 723. The van der Waals surface area contributed by atoms with Crippen molar-refractivity contribution in [3.8, 4) is 0 Å². The molecule has 1 aromatic carbocycles. The fourth-order valence-electron chi connectivity index (χ4n) is 3.76. The Labute approximate surface area is 186 Å². The van der Waals surface area contributed by atoms with Crippen molar-refractivity contribution in [3.05, 3.63) is 35.4 Å². The van der Waals surface area contributed by atoms with E-state index in [1.54, 1.807) is 0 Å². The molecular weight excluding hydrogens is 392 g/mol. The molecule has 1 saturated heterocycles. The van der Waals surface area contributed by atoms with Crippen LogP contribution in [0.2, 0.25) is 0 Å². The average molecular weight is 431 g/mol. The molecule has 7 nitrogen and oxygen atoms in total. The standard InChI is InChI=1S/C24H38N4O3/c1-5-25-24(27(4)12-13-30-17-21-6-7-21)26-14-20-8-10-22(11-9-20)23(29)28-15-18(2)31-19(3)16-28/h8-11,18-19,21H,5-7,12-17H2,1-4H3,(H,25,26). The number of carbonyl (C=O) groups excluding carboxylic acids is 1. The van der Waals surface area contributed by atoms with Crippen LogP contribution < -0.4 is 5.32 Å². The Morgan fingerprint density at radius 2 is 1.90 bits per heavy atom. The van der Waals surface area contributed by atoms with E-state index >= 15 is 0 Å². The smallest absolute Gasteiger partial charge is 0.254 e.